The molecule has 0 bridgehead atoms. The molecule has 3 rings (SSSR count). The molecule has 1 aliphatic heterocycles. The molecule has 1 heterocycles. The van der Waals surface area contributed by atoms with Gasteiger partial charge in [0.25, 0.3) is 0 Å². The molecule has 1 aliphatic carbocycles. The van der Waals surface area contributed by atoms with Crippen molar-refractivity contribution in [3.05, 3.63) is 35.4 Å². The standard InChI is InChI=1S/C25H41N3O3/c1-3-29-17-14-25(12-4-5-13-25)20-28-24(26-2)27-18-21-6-8-22(9-7-21)19-31-23-10-15-30-16-11-23/h6-9,23H,3-5,10-20H2,1-2H3,(H2,26,27,28). The third-order valence-electron chi connectivity index (χ3n) is 6.64. The van der Waals surface area contributed by atoms with Gasteiger partial charge in [-0.3, -0.25) is 4.99 Å². The largest absolute Gasteiger partial charge is 0.382 e. The number of benzene rings is 1. The molecule has 6 heteroatoms. The second-order valence-corrected chi connectivity index (χ2v) is 8.87. The van der Waals surface area contributed by atoms with Crippen LogP contribution in [0.15, 0.2) is 29.3 Å². The van der Waals surface area contributed by atoms with E-state index in [2.05, 4.69) is 46.8 Å². The van der Waals surface area contributed by atoms with Crippen LogP contribution in [0.4, 0.5) is 0 Å². The lowest BCUT2D eigenvalue weighted by molar-refractivity contribution is -0.0390. The average molecular weight is 432 g/mol. The summed E-state index contributed by atoms with van der Waals surface area (Å²) in [6, 6.07) is 8.66. The lowest BCUT2D eigenvalue weighted by Gasteiger charge is -2.30. The number of ether oxygens (including phenoxy) is 3. The van der Waals surface area contributed by atoms with Crippen molar-refractivity contribution in [1.29, 1.82) is 0 Å². The molecule has 1 saturated heterocycles. The van der Waals surface area contributed by atoms with Gasteiger partial charge >= 0.3 is 0 Å². The minimum atomic E-state index is 0.334. The van der Waals surface area contributed by atoms with Gasteiger partial charge in [-0.1, -0.05) is 37.1 Å². The molecule has 0 spiro atoms. The van der Waals surface area contributed by atoms with E-state index in [1.807, 2.05) is 7.05 Å². The third-order valence-corrected chi connectivity index (χ3v) is 6.64. The van der Waals surface area contributed by atoms with Crippen LogP contribution in [-0.4, -0.2) is 52.1 Å². The van der Waals surface area contributed by atoms with E-state index in [1.54, 1.807) is 0 Å². The highest BCUT2D eigenvalue weighted by molar-refractivity contribution is 5.79. The summed E-state index contributed by atoms with van der Waals surface area (Å²) in [5, 5.41) is 7.03. The Morgan fingerprint density at radius 3 is 2.48 bits per heavy atom. The van der Waals surface area contributed by atoms with E-state index in [9.17, 15) is 0 Å². The molecule has 0 unspecified atom stereocenters. The maximum absolute atomic E-state index is 6.02. The number of nitrogens with zero attached hydrogens (tertiary/aromatic N) is 1. The van der Waals surface area contributed by atoms with E-state index in [-0.39, 0.29) is 0 Å². The molecule has 0 amide bonds. The van der Waals surface area contributed by atoms with Gasteiger partial charge in [-0.2, -0.15) is 0 Å². The van der Waals surface area contributed by atoms with Crippen LogP contribution in [0.3, 0.4) is 0 Å². The lowest BCUT2D eigenvalue weighted by Crippen LogP contribution is -2.43. The molecular formula is C25H41N3O3. The summed E-state index contributed by atoms with van der Waals surface area (Å²) in [7, 11) is 1.84. The predicted molar refractivity (Wildman–Crippen MR) is 125 cm³/mol. The first-order valence-corrected chi connectivity index (χ1v) is 12.0. The third kappa shape index (κ3) is 8.09. The Labute approximate surface area is 188 Å². The molecule has 1 saturated carbocycles. The van der Waals surface area contributed by atoms with Crippen LogP contribution in [0.1, 0.15) is 63.0 Å². The quantitative estimate of drug-likeness (QED) is 0.315. The van der Waals surface area contributed by atoms with Crippen molar-refractivity contribution in [2.75, 3.05) is 40.0 Å². The van der Waals surface area contributed by atoms with E-state index in [4.69, 9.17) is 14.2 Å². The van der Waals surface area contributed by atoms with Gasteiger partial charge in [-0.15, -0.1) is 0 Å². The first-order valence-electron chi connectivity index (χ1n) is 12.0. The highest BCUT2D eigenvalue weighted by Crippen LogP contribution is 2.40. The Balaban J connectivity index is 1.40. The summed E-state index contributed by atoms with van der Waals surface area (Å²) in [6.45, 7) is 7.75. The van der Waals surface area contributed by atoms with E-state index in [1.165, 1.54) is 36.8 Å². The first kappa shape index (κ1) is 24.0. The van der Waals surface area contributed by atoms with Crippen molar-refractivity contribution >= 4 is 5.96 Å². The zero-order chi connectivity index (χ0) is 21.8. The van der Waals surface area contributed by atoms with Crippen LogP contribution in [0.5, 0.6) is 0 Å². The number of hydrogen-bond acceptors (Lipinski definition) is 4. The molecule has 2 aliphatic rings. The Bertz CT molecular complexity index is 650. The van der Waals surface area contributed by atoms with Crippen molar-refractivity contribution in [2.45, 2.75) is 71.1 Å². The van der Waals surface area contributed by atoms with E-state index in [0.29, 0.717) is 18.1 Å². The smallest absolute Gasteiger partial charge is 0.191 e. The van der Waals surface area contributed by atoms with Gasteiger partial charge in [0.2, 0.25) is 0 Å². The predicted octanol–water partition coefficient (Wildman–Crippen LogP) is 4.03. The maximum Gasteiger partial charge on any atom is 0.191 e. The zero-order valence-corrected chi connectivity index (χ0v) is 19.5. The molecule has 31 heavy (non-hydrogen) atoms. The normalized spacial score (nSPS) is 19.5. The van der Waals surface area contributed by atoms with Crippen LogP contribution >= 0.6 is 0 Å². The molecule has 0 atom stereocenters. The average Bonchev–Trinajstić information content (AvgIpc) is 3.28. The summed E-state index contributed by atoms with van der Waals surface area (Å²) in [6.07, 6.45) is 8.67. The van der Waals surface area contributed by atoms with Crippen molar-refractivity contribution in [1.82, 2.24) is 10.6 Å². The van der Waals surface area contributed by atoms with Gasteiger partial charge in [0.05, 0.1) is 12.7 Å². The molecule has 1 aromatic rings. The summed E-state index contributed by atoms with van der Waals surface area (Å²) in [4.78, 5) is 4.42. The second kappa shape index (κ2) is 13.0. The number of guanidine groups is 1. The zero-order valence-electron chi connectivity index (χ0n) is 19.5. The number of nitrogens with one attached hydrogen (secondary N) is 2. The van der Waals surface area contributed by atoms with Gasteiger partial charge < -0.3 is 24.8 Å². The van der Waals surface area contributed by atoms with Crippen LogP contribution < -0.4 is 10.6 Å². The van der Waals surface area contributed by atoms with Crippen molar-refractivity contribution in [3.8, 4) is 0 Å². The SMILES string of the molecule is CCOCCC1(CNC(=NC)NCc2ccc(COC3CCOCC3)cc2)CCCC1. The Morgan fingerprint density at radius 2 is 1.81 bits per heavy atom. The monoisotopic (exact) mass is 431 g/mol. The molecule has 0 aromatic heterocycles. The van der Waals surface area contributed by atoms with Gasteiger partial charge in [0.15, 0.2) is 5.96 Å². The molecule has 2 N–H and O–H groups in total. The number of aliphatic imine (C=N–C) groups is 1. The van der Waals surface area contributed by atoms with Gasteiger partial charge in [0, 0.05) is 46.6 Å². The van der Waals surface area contributed by atoms with E-state index >= 15 is 0 Å². The molecule has 174 valence electrons. The van der Waals surface area contributed by atoms with Crippen LogP contribution in [0.25, 0.3) is 0 Å². The van der Waals surface area contributed by atoms with Crippen molar-refractivity contribution < 1.29 is 14.2 Å². The molecule has 1 aromatic carbocycles. The topological polar surface area (TPSA) is 64.1 Å². The fraction of sp³-hybridized carbons (Fsp3) is 0.720. The van der Waals surface area contributed by atoms with Crippen molar-refractivity contribution in [2.24, 2.45) is 10.4 Å². The van der Waals surface area contributed by atoms with Crippen LogP contribution in [0.2, 0.25) is 0 Å². The van der Waals surface area contributed by atoms with E-state index < -0.39 is 0 Å². The summed E-state index contributed by atoms with van der Waals surface area (Å²) >= 11 is 0. The minimum Gasteiger partial charge on any atom is -0.382 e. The van der Waals surface area contributed by atoms with Gasteiger partial charge in [-0.05, 0) is 55.6 Å². The van der Waals surface area contributed by atoms with Gasteiger partial charge in [0.1, 0.15) is 0 Å². The summed E-state index contributed by atoms with van der Waals surface area (Å²) in [5.74, 6) is 0.870. The molecular weight excluding hydrogens is 390 g/mol. The van der Waals surface area contributed by atoms with Gasteiger partial charge in [-0.25, -0.2) is 0 Å². The molecule has 0 radical (unpaired) electrons. The van der Waals surface area contributed by atoms with Crippen molar-refractivity contribution in [3.63, 3.8) is 0 Å². The summed E-state index contributed by atoms with van der Waals surface area (Å²) < 4.78 is 17.0. The highest BCUT2D eigenvalue weighted by atomic mass is 16.5. The first-order chi connectivity index (χ1) is 15.2. The Morgan fingerprint density at radius 1 is 1.10 bits per heavy atom. The Hall–Kier alpha value is -1.63. The fourth-order valence-electron chi connectivity index (χ4n) is 4.56. The number of rotatable bonds is 11. The minimum absolute atomic E-state index is 0.334. The Kier molecular flexibility index (Phi) is 10.1. The van der Waals surface area contributed by atoms with E-state index in [0.717, 1.165) is 64.7 Å². The lowest BCUT2D eigenvalue weighted by atomic mass is 9.83. The fourth-order valence-corrected chi connectivity index (χ4v) is 4.56. The summed E-state index contributed by atoms with van der Waals surface area (Å²) in [5.41, 5.74) is 2.80. The number of hydrogen-bond donors (Lipinski definition) is 2. The molecule has 2 fully saturated rings. The highest BCUT2D eigenvalue weighted by Gasteiger charge is 2.33. The maximum atomic E-state index is 6.02. The van der Waals surface area contributed by atoms with Crippen LogP contribution in [-0.2, 0) is 27.4 Å². The second-order valence-electron chi connectivity index (χ2n) is 8.87. The van der Waals surface area contributed by atoms with Crippen LogP contribution in [0, 0.1) is 5.41 Å². The molecule has 6 nitrogen and oxygen atoms in total.